The first-order valence-electron chi connectivity index (χ1n) is 8.46. The van der Waals surface area contributed by atoms with E-state index in [0.717, 1.165) is 25.7 Å². The van der Waals surface area contributed by atoms with E-state index in [0.29, 0.717) is 32.0 Å². The summed E-state index contributed by atoms with van der Waals surface area (Å²) in [6.07, 6.45) is 3.81. The van der Waals surface area contributed by atoms with Crippen LogP contribution in [-0.4, -0.2) is 59.1 Å². The summed E-state index contributed by atoms with van der Waals surface area (Å²) in [5.41, 5.74) is 0.203. The lowest BCUT2D eigenvalue weighted by Crippen LogP contribution is -2.32. The minimum Gasteiger partial charge on any atom is -0.496 e. The maximum Gasteiger partial charge on any atom is 0.255 e. The number of nitrogens with one attached hydrogen (secondary N) is 1. The Morgan fingerprint density at radius 2 is 1.84 bits per heavy atom. The summed E-state index contributed by atoms with van der Waals surface area (Å²) in [7, 11) is -0.627. The molecule has 0 spiro atoms. The Hall–Kier alpha value is -1.64. The van der Waals surface area contributed by atoms with Crippen molar-refractivity contribution in [2.24, 2.45) is 0 Å². The van der Waals surface area contributed by atoms with Crippen LogP contribution in [0.4, 0.5) is 0 Å². The van der Waals surface area contributed by atoms with Gasteiger partial charge in [-0.1, -0.05) is 12.8 Å². The van der Waals surface area contributed by atoms with Crippen LogP contribution in [0.15, 0.2) is 23.1 Å². The van der Waals surface area contributed by atoms with Crippen LogP contribution < -0.4 is 10.1 Å². The molecule has 25 heavy (non-hydrogen) atoms. The van der Waals surface area contributed by atoms with Gasteiger partial charge in [-0.3, -0.25) is 4.79 Å². The van der Waals surface area contributed by atoms with Gasteiger partial charge >= 0.3 is 0 Å². The van der Waals surface area contributed by atoms with Crippen LogP contribution in [0.5, 0.6) is 5.75 Å². The molecule has 0 saturated carbocycles. The SMILES string of the molecule is COCCNC(=O)c1cc(S(=O)(=O)N2CCCCCC2)ccc1OC. The number of nitrogens with zero attached hydrogens (tertiary/aromatic N) is 1. The van der Waals surface area contributed by atoms with E-state index < -0.39 is 10.0 Å². The van der Waals surface area contributed by atoms with Gasteiger partial charge in [-0.15, -0.1) is 0 Å². The molecule has 8 heteroatoms. The average molecular weight is 370 g/mol. The van der Waals surface area contributed by atoms with Crippen LogP contribution in [0.1, 0.15) is 36.0 Å². The highest BCUT2D eigenvalue weighted by Gasteiger charge is 2.27. The lowest BCUT2D eigenvalue weighted by atomic mass is 10.2. The Balaban J connectivity index is 2.29. The number of carbonyl (C=O) groups is 1. The lowest BCUT2D eigenvalue weighted by Gasteiger charge is -2.20. The number of ether oxygens (including phenoxy) is 2. The van der Waals surface area contributed by atoms with Gasteiger partial charge < -0.3 is 14.8 Å². The summed E-state index contributed by atoms with van der Waals surface area (Å²) in [5.74, 6) is -0.0495. The molecule has 0 radical (unpaired) electrons. The first kappa shape index (κ1) is 19.7. The van der Waals surface area contributed by atoms with Crippen molar-refractivity contribution in [1.82, 2.24) is 9.62 Å². The summed E-state index contributed by atoms with van der Waals surface area (Å²) in [5, 5.41) is 2.69. The van der Waals surface area contributed by atoms with Crippen LogP contribution in [0.2, 0.25) is 0 Å². The summed E-state index contributed by atoms with van der Waals surface area (Å²) >= 11 is 0. The van der Waals surface area contributed by atoms with Crippen LogP contribution in [0, 0.1) is 0 Å². The van der Waals surface area contributed by atoms with Gasteiger partial charge in [-0.25, -0.2) is 8.42 Å². The van der Waals surface area contributed by atoms with Gasteiger partial charge in [0.2, 0.25) is 10.0 Å². The molecule has 1 amide bonds. The maximum absolute atomic E-state index is 12.9. The van der Waals surface area contributed by atoms with E-state index in [1.54, 1.807) is 7.11 Å². The highest BCUT2D eigenvalue weighted by atomic mass is 32.2. The van der Waals surface area contributed by atoms with Crippen molar-refractivity contribution in [3.63, 3.8) is 0 Å². The topological polar surface area (TPSA) is 84.9 Å². The Labute approximate surface area is 149 Å². The predicted molar refractivity (Wildman–Crippen MR) is 94.4 cm³/mol. The Bertz CT molecular complexity index is 682. The highest BCUT2D eigenvalue weighted by molar-refractivity contribution is 7.89. The zero-order chi connectivity index (χ0) is 18.3. The number of hydrogen-bond donors (Lipinski definition) is 1. The summed E-state index contributed by atoms with van der Waals surface area (Å²) in [6.45, 7) is 1.74. The van der Waals surface area contributed by atoms with Crippen molar-refractivity contribution in [1.29, 1.82) is 0 Å². The molecule has 1 aromatic carbocycles. The number of rotatable bonds is 7. The second-order valence-electron chi connectivity index (χ2n) is 5.93. The molecular formula is C17H26N2O5S. The molecule has 0 unspecified atom stereocenters. The second-order valence-corrected chi connectivity index (χ2v) is 7.87. The molecule has 1 fully saturated rings. The van der Waals surface area contributed by atoms with Crippen LogP contribution in [-0.2, 0) is 14.8 Å². The van der Waals surface area contributed by atoms with Crippen molar-refractivity contribution in [2.75, 3.05) is 40.5 Å². The molecule has 0 atom stereocenters. The number of hydrogen-bond acceptors (Lipinski definition) is 5. The summed E-state index contributed by atoms with van der Waals surface area (Å²) in [4.78, 5) is 12.5. The maximum atomic E-state index is 12.9. The fourth-order valence-corrected chi connectivity index (χ4v) is 4.36. The molecule has 1 aliphatic heterocycles. The third-order valence-corrected chi connectivity index (χ3v) is 6.10. The second kappa shape index (κ2) is 9.17. The van der Waals surface area contributed by atoms with E-state index in [1.165, 1.54) is 29.6 Å². The minimum absolute atomic E-state index is 0.118. The fourth-order valence-electron chi connectivity index (χ4n) is 2.82. The molecule has 2 rings (SSSR count). The number of methoxy groups -OCH3 is 2. The van der Waals surface area contributed by atoms with E-state index >= 15 is 0 Å². The zero-order valence-corrected chi connectivity index (χ0v) is 15.6. The molecule has 1 heterocycles. The van der Waals surface area contributed by atoms with E-state index in [1.807, 2.05) is 0 Å². The molecule has 1 aromatic rings. The fraction of sp³-hybridized carbons (Fsp3) is 0.588. The molecule has 0 aromatic heterocycles. The van der Waals surface area contributed by atoms with Crippen LogP contribution in [0.25, 0.3) is 0 Å². The Morgan fingerprint density at radius 1 is 1.16 bits per heavy atom. The molecule has 1 N–H and O–H groups in total. The number of amides is 1. The van der Waals surface area contributed by atoms with Gasteiger partial charge in [0, 0.05) is 26.7 Å². The van der Waals surface area contributed by atoms with Gasteiger partial charge in [0.15, 0.2) is 0 Å². The first-order chi connectivity index (χ1) is 12.0. The Kier molecular flexibility index (Phi) is 7.22. The highest BCUT2D eigenvalue weighted by Crippen LogP contribution is 2.26. The standard InChI is InChI=1S/C17H26N2O5S/c1-23-12-9-18-17(20)15-13-14(7-8-16(15)24-2)25(21,22)19-10-5-3-4-6-11-19/h7-8,13H,3-6,9-12H2,1-2H3,(H,18,20). The molecule has 7 nitrogen and oxygen atoms in total. The van der Waals surface area contributed by atoms with Crippen molar-refractivity contribution in [2.45, 2.75) is 30.6 Å². The molecule has 0 aliphatic carbocycles. The van der Waals surface area contributed by atoms with E-state index in [2.05, 4.69) is 5.32 Å². The molecular weight excluding hydrogens is 344 g/mol. The third-order valence-electron chi connectivity index (χ3n) is 4.21. The van der Waals surface area contributed by atoms with Crippen LogP contribution >= 0.6 is 0 Å². The van der Waals surface area contributed by atoms with Crippen molar-refractivity contribution in [3.05, 3.63) is 23.8 Å². The monoisotopic (exact) mass is 370 g/mol. The number of sulfonamides is 1. The smallest absolute Gasteiger partial charge is 0.255 e. The first-order valence-corrected chi connectivity index (χ1v) is 9.90. The third kappa shape index (κ3) is 4.93. The van der Waals surface area contributed by atoms with Gasteiger partial charge in [-0.05, 0) is 31.0 Å². The number of benzene rings is 1. The summed E-state index contributed by atoms with van der Waals surface area (Å²) in [6, 6.07) is 4.40. The largest absolute Gasteiger partial charge is 0.496 e. The van der Waals surface area contributed by atoms with E-state index in [9.17, 15) is 13.2 Å². The van der Waals surface area contributed by atoms with Crippen molar-refractivity contribution < 1.29 is 22.7 Å². The van der Waals surface area contributed by atoms with Gasteiger partial charge in [-0.2, -0.15) is 4.31 Å². The lowest BCUT2D eigenvalue weighted by molar-refractivity contribution is 0.0934. The molecule has 1 saturated heterocycles. The average Bonchev–Trinajstić information content (AvgIpc) is 2.91. The molecule has 0 bridgehead atoms. The van der Waals surface area contributed by atoms with Crippen molar-refractivity contribution in [3.8, 4) is 5.75 Å². The number of carbonyl (C=O) groups excluding carboxylic acids is 1. The van der Waals surface area contributed by atoms with Crippen LogP contribution in [0.3, 0.4) is 0 Å². The predicted octanol–water partition coefficient (Wildman–Crippen LogP) is 1.64. The van der Waals surface area contributed by atoms with E-state index in [-0.39, 0.29) is 16.4 Å². The minimum atomic E-state index is -3.62. The van der Waals surface area contributed by atoms with Crippen molar-refractivity contribution >= 4 is 15.9 Å². The Morgan fingerprint density at radius 3 is 2.44 bits per heavy atom. The molecule has 1 aliphatic rings. The van der Waals surface area contributed by atoms with Gasteiger partial charge in [0.25, 0.3) is 5.91 Å². The summed E-state index contributed by atoms with van der Waals surface area (Å²) < 4.78 is 37.4. The van der Waals surface area contributed by atoms with Gasteiger partial charge in [0.1, 0.15) is 5.75 Å². The quantitative estimate of drug-likeness (QED) is 0.738. The normalized spacial score (nSPS) is 16.2. The molecule has 140 valence electrons. The zero-order valence-electron chi connectivity index (χ0n) is 14.8. The van der Waals surface area contributed by atoms with Gasteiger partial charge in [0.05, 0.1) is 24.2 Å². The van der Waals surface area contributed by atoms with E-state index in [4.69, 9.17) is 9.47 Å².